The van der Waals surface area contributed by atoms with Gasteiger partial charge in [0.05, 0.1) is 16.8 Å². The average Bonchev–Trinajstić information content (AvgIpc) is 2.69. The van der Waals surface area contributed by atoms with Crippen molar-refractivity contribution in [2.24, 2.45) is 0 Å². The number of nitrogens with zero attached hydrogens (tertiary/aromatic N) is 1. The lowest BCUT2D eigenvalue weighted by Crippen LogP contribution is -3.00. The Hall–Kier alpha value is -2.08. The van der Waals surface area contributed by atoms with E-state index in [9.17, 15) is 0 Å². The minimum Gasteiger partial charge on any atom is -1.00 e. The fraction of sp³-hybridized carbons (Fsp3) is 0.227. The molecule has 0 aliphatic carbocycles. The molecule has 0 spiro atoms. The summed E-state index contributed by atoms with van der Waals surface area (Å²) in [6, 6.07) is 20.1. The van der Waals surface area contributed by atoms with Gasteiger partial charge in [0, 0.05) is 19.3 Å². The van der Waals surface area contributed by atoms with Crippen LogP contribution in [0.25, 0.3) is 0 Å². The largest absolute Gasteiger partial charge is 1.00 e. The van der Waals surface area contributed by atoms with E-state index < -0.39 is 0 Å². The average molecular weight is 463 g/mol. The molecule has 0 fully saturated rings. The summed E-state index contributed by atoms with van der Waals surface area (Å²) >= 11 is 3.63. The number of nitrogens with one attached hydrogen (secondary N) is 1. The van der Waals surface area contributed by atoms with E-state index in [4.69, 9.17) is 9.47 Å². The molecule has 0 saturated carbocycles. The molecule has 1 heterocycles. The molecular weight excluding hydrogens is 440 g/mol. The molecule has 28 heavy (non-hydrogen) atoms. The van der Waals surface area contributed by atoms with E-state index in [-0.39, 0.29) is 12.4 Å². The molecule has 0 aliphatic rings. The molecule has 0 aliphatic heterocycles. The lowest BCUT2D eigenvalue weighted by molar-refractivity contribution is -0.00000623. The number of hydrogen-bond acceptors (Lipinski definition) is 4. The first-order valence-electron chi connectivity index (χ1n) is 8.99. The molecule has 1 N–H and O–H groups in total. The highest BCUT2D eigenvalue weighted by Crippen LogP contribution is 2.37. The van der Waals surface area contributed by atoms with Crippen molar-refractivity contribution < 1.29 is 21.9 Å². The molecule has 0 saturated heterocycles. The van der Waals surface area contributed by atoms with Gasteiger partial charge >= 0.3 is 0 Å². The Morgan fingerprint density at radius 2 is 1.71 bits per heavy atom. The van der Waals surface area contributed by atoms with Gasteiger partial charge in [-0.1, -0.05) is 36.4 Å². The highest BCUT2D eigenvalue weighted by atomic mass is 79.9. The van der Waals surface area contributed by atoms with E-state index in [1.54, 1.807) is 6.20 Å². The summed E-state index contributed by atoms with van der Waals surface area (Å²) in [7, 11) is 0. The van der Waals surface area contributed by atoms with Crippen molar-refractivity contribution >= 4 is 15.9 Å². The second-order valence-electron chi connectivity index (χ2n) is 6.04. The monoisotopic (exact) mass is 461 g/mol. The minimum atomic E-state index is 0. The highest BCUT2D eigenvalue weighted by molar-refractivity contribution is 9.10. The number of hydrogen-bond donors (Lipinski definition) is 1. The molecule has 2 aromatic carbocycles. The molecule has 3 rings (SSSR count). The maximum absolute atomic E-state index is 6.03. The second kappa shape index (κ2) is 11.7. The number of aromatic nitrogens is 1. The smallest absolute Gasteiger partial charge is 0.175 e. The lowest BCUT2D eigenvalue weighted by atomic mass is 10.2. The summed E-state index contributed by atoms with van der Waals surface area (Å²) in [6.45, 7) is 4.49. The molecule has 4 nitrogen and oxygen atoms in total. The van der Waals surface area contributed by atoms with Gasteiger partial charge in [0.25, 0.3) is 0 Å². The van der Waals surface area contributed by atoms with Crippen LogP contribution in [0.4, 0.5) is 0 Å². The summed E-state index contributed by atoms with van der Waals surface area (Å²) < 4.78 is 12.7. The van der Waals surface area contributed by atoms with Gasteiger partial charge in [-0.05, 0) is 58.2 Å². The van der Waals surface area contributed by atoms with Crippen LogP contribution in [-0.4, -0.2) is 11.6 Å². The normalized spacial score (nSPS) is 10.2. The molecule has 0 radical (unpaired) electrons. The fourth-order valence-electron chi connectivity index (χ4n) is 2.69. The van der Waals surface area contributed by atoms with E-state index in [0.29, 0.717) is 26.3 Å². The number of benzene rings is 2. The van der Waals surface area contributed by atoms with Gasteiger partial charge in [0.2, 0.25) is 0 Å². The van der Waals surface area contributed by atoms with Crippen LogP contribution in [0.1, 0.15) is 23.7 Å². The van der Waals surface area contributed by atoms with E-state index in [1.807, 2.05) is 61.5 Å². The van der Waals surface area contributed by atoms with E-state index in [1.165, 1.54) is 0 Å². The van der Waals surface area contributed by atoms with Crippen molar-refractivity contribution in [1.29, 1.82) is 0 Å². The summed E-state index contributed by atoms with van der Waals surface area (Å²) in [5.74, 6) is 1.48. The van der Waals surface area contributed by atoms with Gasteiger partial charge in [-0.25, -0.2) is 0 Å². The van der Waals surface area contributed by atoms with Crippen LogP contribution in [0.2, 0.25) is 0 Å². The first-order chi connectivity index (χ1) is 13.3. The van der Waals surface area contributed by atoms with E-state index in [2.05, 4.69) is 32.3 Å². The number of ether oxygens (including phenoxy) is 2. The van der Waals surface area contributed by atoms with Crippen LogP contribution in [0.15, 0.2) is 71.3 Å². The SMILES string of the molecule is CCOc1cc(CNCc2ccccn2)cc(Br)c1OCc1ccccc1.[Cl-]. The fourth-order valence-corrected chi connectivity index (χ4v) is 3.30. The molecular formula is C22H23BrClN2O2-. The third-order valence-corrected chi connectivity index (χ3v) is 4.55. The van der Waals surface area contributed by atoms with Gasteiger partial charge in [-0.15, -0.1) is 0 Å². The predicted octanol–water partition coefficient (Wildman–Crippen LogP) is 2.12. The van der Waals surface area contributed by atoms with E-state index in [0.717, 1.165) is 32.8 Å². The zero-order chi connectivity index (χ0) is 18.9. The molecule has 0 bridgehead atoms. The van der Waals surface area contributed by atoms with Crippen molar-refractivity contribution in [3.63, 3.8) is 0 Å². The van der Waals surface area contributed by atoms with Crippen LogP contribution in [0.5, 0.6) is 11.5 Å². The zero-order valence-electron chi connectivity index (χ0n) is 15.7. The van der Waals surface area contributed by atoms with Crippen molar-refractivity contribution in [2.45, 2.75) is 26.6 Å². The Balaban J connectivity index is 0.00000280. The third-order valence-electron chi connectivity index (χ3n) is 3.96. The summed E-state index contributed by atoms with van der Waals surface area (Å²) in [6.07, 6.45) is 1.81. The predicted molar refractivity (Wildman–Crippen MR) is 111 cm³/mol. The van der Waals surface area contributed by atoms with Crippen LogP contribution in [0, 0.1) is 0 Å². The maximum Gasteiger partial charge on any atom is 0.175 e. The van der Waals surface area contributed by atoms with Crippen LogP contribution >= 0.6 is 15.9 Å². The van der Waals surface area contributed by atoms with E-state index >= 15 is 0 Å². The van der Waals surface area contributed by atoms with Gasteiger partial charge in [-0.3, -0.25) is 4.98 Å². The van der Waals surface area contributed by atoms with Crippen LogP contribution in [0.3, 0.4) is 0 Å². The van der Waals surface area contributed by atoms with Crippen molar-refractivity contribution in [2.75, 3.05) is 6.61 Å². The highest BCUT2D eigenvalue weighted by Gasteiger charge is 2.12. The third kappa shape index (κ3) is 6.51. The Bertz CT molecular complexity index is 848. The second-order valence-corrected chi connectivity index (χ2v) is 6.89. The summed E-state index contributed by atoms with van der Waals surface area (Å²) in [4.78, 5) is 4.33. The number of pyridine rings is 1. The topological polar surface area (TPSA) is 43.4 Å². The minimum absolute atomic E-state index is 0. The Morgan fingerprint density at radius 1 is 0.929 bits per heavy atom. The van der Waals surface area contributed by atoms with Crippen molar-refractivity contribution in [1.82, 2.24) is 10.3 Å². The van der Waals surface area contributed by atoms with Gasteiger partial charge in [0.1, 0.15) is 6.61 Å². The Kier molecular flexibility index (Phi) is 9.28. The summed E-state index contributed by atoms with van der Waals surface area (Å²) in [5.41, 5.74) is 3.26. The Labute approximate surface area is 180 Å². The molecule has 148 valence electrons. The molecule has 3 aromatic rings. The Morgan fingerprint density at radius 3 is 2.43 bits per heavy atom. The molecule has 1 aromatic heterocycles. The molecule has 0 unspecified atom stereocenters. The molecule has 6 heteroatoms. The van der Waals surface area contributed by atoms with Crippen molar-refractivity contribution in [3.05, 3.63) is 88.2 Å². The standard InChI is InChI=1S/C22H23BrN2O2.ClH/c1-2-26-21-13-18(14-24-15-19-10-6-7-11-25-19)12-20(23)22(21)27-16-17-8-4-3-5-9-17;/h3-13,24H,2,14-16H2,1H3;1H/p-1. The first kappa shape index (κ1) is 22.2. The number of rotatable bonds is 9. The molecule has 0 atom stereocenters. The van der Waals surface area contributed by atoms with Gasteiger partial charge in [-0.2, -0.15) is 0 Å². The van der Waals surface area contributed by atoms with Crippen molar-refractivity contribution in [3.8, 4) is 11.5 Å². The number of halogens is 2. The first-order valence-corrected chi connectivity index (χ1v) is 9.78. The quantitative estimate of drug-likeness (QED) is 0.529. The van der Waals surface area contributed by atoms with Crippen LogP contribution in [-0.2, 0) is 19.7 Å². The molecule has 0 amide bonds. The van der Waals surface area contributed by atoms with Crippen LogP contribution < -0.4 is 27.2 Å². The lowest BCUT2D eigenvalue weighted by Gasteiger charge is -2.16. The zero-order valence-corrected chi connectivity index (χ0v) is 18.0. The maximum atomic E-state index is 6.03. The van der Waals surface area contributed by atoms with Gasteiger partial charge in [0.15, 0.2) is 11.5 Å². The van der Waals surface area contributed by atoms with Gasteiger partial charge < -0.3 is 27.2 Å². The summed E-state index contributed by atoms with van der Waals surface area (Å²) in [5, 5.41) is 3.41.